The number of thiazole rings is 1. The number of hydrogen-bond donors (Lipinski definition) is 2. The second-order valence-electron chi connectivity index (χ2n) is 8.17. The quantitative estimate of drug-likeness (QED) is 0.565. The van der Waals surface area contributed by atoms with Crippen LogP contribution in [0, 0.1) is 0 Å². The minimum atomic E-state index is -4.26. The molecule has 2 unspecified atom stereocenters. The lowest BCUT2D eigenvalue weighted by molar-refractivity contribution is -0.120. The molecule has 5 rings (SSSR count). The predicted octanol–water partition coefficient (Wildman–Crippen LogP) is 5.11. The number of nitrogens with zero attached hydrogens (tertiary/aromatic N) is 1. The monoisotopic (exact) mass is 462 g/mol. The van der Waals surface area contributed by atoms with Gasteiger partial charge in [-0.3, -0.25) is 9.78 Å². The summed E-state index contributed by atoms with van der Waals surface area (Å²) < 4.78 is 45.2. The number of alkyl halides is 3. The van der Waals surface area contributed by atoms with E-state index < -0.39 is 12.7 Å². The summed E-state index contributed by atoms with van der Waals surface area (Å²) in [5.74, 6) is 0.565. The van der Waals surface area contributed by atoms with Crippen molar-refractivity contribution in [3.8, 4) is 11.6 Å². The summed E-state index contributed by atoms with van der Waals surface area (Å²) in [4.78, 5) is 15.7. The molecule has 32 heavy (non-hydrogen) atoms. The largest absolute Gasteiger partial charge is 0.494 e. The highest BCUT2D eigenvalue weighted by Gasteiger charge is 2.35. The Morgan fingerprint density at radius 1 is 1.16 bits per heavy atom. The van der Waals surface area contributed by atoms with Crippen LogP contribution >= 0.6 is 11.3 Å². The van der Waals surface area contributed by atoms with Crippen molar-refractivity contribution in [1.82, 2.24) is 4.98 Å². The van der Waals surface area contributed by atoms with E-state index in [1.54, 1.807) is 12.1 Å². The van der Waals surface area contributed by atoms with Crippen molar-refractivity contribution in [2.45, 2.75) is 37.5 Å². The van der Waals surface area contributed by atoms with E-state index in [0.29, 0.717) is 22.7 Å². The van der Waals surface area contributed by atoms with Gasteiger partial charge in [-0.2, -0.15) is 13.2 Å². The first-order chi connectivity index (χ1) is 15.3. The lowest BCUT2D eigenvalue weighted by atomic mass is 9.98. The minimum Gasteiger partial charge on any atom is -0.494 e. The third kappa shape index (κ3) is 3.97. The topological polar surface area (TPSA) is 65.6 Å². The fourth-order valence-electron chi connectivity index (χ4n) is 4.77. The van der Waals surface area contributed by atoms with Gasteiger partial charge in [0.25, 0.3) is 0 Å². The van der Waals surface area contributed by atoms with Crippen molar-refractivity contribution in [1.29, 1.82) is 0 Å². The molecule has 2 atom stereocenters. The molecule has 0 amide bonds. The van der Waals surface area contributed by atoms with Crippen molar-refractivity contribution in [3.05, 3.63) is 73.7 Å². The van der Waals surface area contributed by atoms with Crippen LogP contribution in [-0.4, -0.2) is 29.4 Å². The Labute approximate surface area is 186 Å². The van der Waals surface area contributed by atoms with Crippen molar-refractivity contribution < 1.29 is 23.0 Å². The number of aryl methyl sites for hydroxylation is 1. The molecule has 1 aliphatic carbocycles. The van der Waals surface area contributed by atoms with E-state index in [0.717, 1.165) is 40.9 Å². The third-order valence-electron chi connectivity index (χ3n) is 6.10. The second kappa shape index (κ2) is 7.88. The fourth-order valence-corrected chi connectivity index (χ4v) is 5.65. The maximum atomic E-state index is 13.0. The highest BCUT2D eigenvalue weighted by Crippen LogP contribution is 2.44. The summed E-state index contributed by atoms with van der Waals surface area (Å²) in [6.45, 7) is -0.713. The molecule has 0 bridgehead atoms. The van der Waals surface area contributed by atoms with Crippen LogP contribution in [0.25, 0.3) is 0 Å². The Hall–Kier alpha value is -2.94. The number of hydrogen-bond acceptors (Lipinski definition) is 5. The van der Waals surface area contributed by atoms with E-state index in [2.05, 4.69) is 4.98 Å². The van der Waals surface area contributed by atoms with Gasteiger partial charge in [-0.15, -0.1) is 0 Å². The molecule has 0 saturated heterocycles. The smallest absolute Gasteiger partial charge is 0.405 e. The van der Waals surface area contributed by atoms with Crippen LogP contribution in [0.5, 0.6) is 11.6 Å². The van der Waals surface area contributed by atoms with E-state index in [9.17, 15) is 23.1 Å². The first-order valence-corrected chi connectivity index (χ1v) is 11.2. The van der Waals surface area contributed by atoms with Gasteiger partial charge in [0, 0.05) is 30.1 Å². The van der Waals surface area contributed by atoms with Gasteiger partial charge in [-0.25, -0.2) is 0 Å². The molecular formula is C23H21F3N2O3S. The van der Waals surface area contributed by atoms with Crippen molar-refractivity contribution in [2.75, 3.05) is 18.0 Å². The van der Waals surface area contributed by atoms with Crippen LogP contribution < -0.4 is 14.5 Å². The van der Waals surface area contributed by atoms with Crippen LogP contribution in [0.15, 0.2) is 47.3 Å². The molecule has 5 nitrogen and oxygen atoms in total. The molecule has 0 saturated carbocycles. The van der Waals surface area contributed by atoms with Crippen LogP contribution in [0.2, 0.25) is 0 Å². The molecule has 0 spiro atoms. The zero-order valence-electron chi connectivity index (χ0n) is 17.0. The average molecular weight is 462 g/mol. The highest BCUT2D eigenvalue weighted by molar-refractivity contribution is 7.09. The average Bonchev–Trinajstić information content (AvgIpc) is 3.30. The number of halogens is 3. The number of rotatable bonds is 4. The van der Waals surface area contributed by atoms with E-state index in [-0.39, 0.29) is 29.3 Å². The van der Waals surface area contributed by atoms with Crippen molar-refractivity contribution >= 4 is 17.0 Å². The number of ether oxygens (including phenoxy) is 1. The maximum Gasteiger partial charge on any atom is 0.405 e. The van der Waals surface area contributed by atoms with Crippen LogP contribution in [-0.2, 0) is 6.42 Å². The molecule has 2 heterocycles. The lowest BCUT2D eigenvalue weighted by Crippen LogP contribution is -2.39. The molecule has 2 N–H and O–H groups in total. The molecule has 0 radical (unpaired) electrons. The zero-order valence-corrected chi connectivity index (χ0v) is 17.8. The number of anilines is 1. The van der Waals surface area contributed by atoms with E-state index in [1.807, 2.05) is 30.3 Å². The van der Waals surface area contributed by atoms with Gasteiger partial charge in [0.1, 0.15) is 18.4 Å². The van der Waals surface area contributed by atoms with E-state index in [1.165, 1.54) is 4.90 Å². The Bertz CT molecular complexity index is 1200. The van der Waals surface area contributed by atoms with Crippen LogP contribution in [0.1, 0.15) is 46.4 Å². The Morgan fingerprint density at radius 3 is 2.72 bits per heavy atom. The maximum absolute atomic E-state index is 13.0. The highest BCUT2D eigenvalue weighted by atomic mass is 32.1. The number of benzene rings is 2. The minimum absolute atomic E-state index is 0.0330. The van der Waals surface area contributed by atoms with Gasteiger partial charge in [0.2, 0.25) is 5.88 Å². The van der Waals surface area contributed by atoms with Gasteiger partial charge in [-0.1, -0.05) is 35.6 Å². The first kappa shape index (κ1) is 20.9. The zero-order chi connectivity index (χ0) is 22.5. The molecule has 1 aliphatic heterocycles. The standard InChI is InChI=1S/C23H21F3N2O3S/c24-23(25,26)12-28-10-9-19(17-3-1-2-4-18(17)28)31-14-6-8-15-13(11-14)5-7-16(15)20-21(29)27-22(30)32-20/h1-4,6,8,11,16,19,29H,5,7,9-10,12H2,(H,27,30). The molecule has 2 aromatic carbocycles. The lowest BCUT2D eigenvalue weighted by Gasteiger charge is -2.36. The number of aromatic nitrogens is 1. The van der Waals surface area contributed by atoms with Gasteiger partial charge in [0.05, 0.1) is 4.88 Å². The molecule has 0 fully saturated rings. The molecule has 168 valence electrons. The number of aromatic amines is 1. The first-order valence-electron chi connectivity index (χ1n) is 10.4. The number of fused-ring (bicyclic) bond motifs is 2. The van der Waals surface area contributed by atoms with Gasteiger partial charge in [0.15, 0.2) is 0 Å². The Balaban J connectivity index is 1.38. The Morgan fingerprint density at radius 2 is 1.97 bits per heavy atom. The summed E-state index contributed by atoms with van der Waals surface area (Å²) in [6.07, 6.45) is -2.55. The van der Waals surface area contributed by atoms with E-state index >= 15 is 0 Å². The summed E-state index contributed by atoms with van der Waals surface area (Å²) in [6, 6.07) is 12.9. The number of H-pyrrole nitrogens is 1. The number of aromatic hydroxyl groups is 1. The van der Waals surface area contributed by atoms with Crippen molar-refractivity contribution in [3.63, 3.8) is 0 Å². The third-order valence-corrected chi connectivity index (χ3v) is 7.08. The molecule has 3 aromatic rings. The molecule has 2 aliphatic rings. The number of nitrogens with one attached hydrogen (secondary N) is 1. The fraction of sp³-hybridized carbons (Fsp3) is 0.348. The van der Waals surface area contributed by atoms with Crippen molar-refractivity contribution in [2.24, 2.45) is 0 Å². The molecule has 9 heteroatoms. The van der Waals surface area contributed by atoms with E-state index in [4.69, 9.17) is 4.74 Å². The van der Waals surface area contributed by atoms with Gasteiger partial charge >= 0.3 is 11.0 Å². The Kier molecular flexibility index (Phi) is 5.16. The summed E-state index contributed by atoms with van der Waals surface area (Å²) in [7, 11) is 0. The molecule has 1 aromatic heterocycles. The van der Waals surface area contributed by atoms with Crippen LogP contribution in [0.4, 0.5) is 18.9 Å². The SMILES string of the molecule is O=c1[nH]c(O)c(C2CCc3cc(OC4CCN(CC(F)(F)F)c5ccccc54)ccc32)s1. The van der Waals surface area contributed by atoms with Gasteiger partial charge in [-0.05, 0) is 42.2 Å². The van der Waals surface area contributed by atoms with Crippen LogP contribution in [0.3, 0.4) is 0 Å². The number of para-hydroxylation sites is 1. The predicted molar refractivity (Wildman–Crippen MR) is 116 cm³/mol. The second-order valence-corrected chi connectivity index (χ2v) is 9.18. The summed E-state index contributed by atoms with van der Waals surface area (Å²) >= 11 is 1.03. The molecular weight excluding hydrogens is 441 g/mol. The normalized spacial score (nSPS) is 20.2. The summed E-state index contributed by atoms with van der Waals surface area (Å²) in [5, 5.41) is 10.0. The van der Waals surface area contributed by atoms with Gasteiger partial charge < -0.3 is 14.7 Å². The summed E-state index contributed by atoms with van der Waals surface area (Å²) in [5.41, 5.74) is 3.46.